The van der Waals surface area contributed by atoms with Crippen molar-refractivity contribution in [3.8, 4) is 0 Å². The zero-order valence-corrected chi connectivity index (χ0v) is 11.7. The van der Waals surface area contributed by atoms with Gasteiger partial charge in [-0.1, -0.05) is 0 Å². The molecule has 1 atom stereocenters. The van der Waals surface area contributed by atoms with Gasteiger partial charge in [-0.3, -0.25) is 4.79 Å². The first-order chi connectivity index (χ1) is 9.39. The van der Waals surface area contributed by atoms with E-state index in [0.717, 1.165) is 14.0 Å². The molecule has 0 spiro atoms. The molecule has 10 heteroatoms. The Bertz CT molecular complexity index is 657. The van der Waals surface area contributed by atoms with Crippen LogP contribution in [0.3, 0.4) is 0 Å². The van der Waals surface area contributed by atoms with Crippen LogP contribution in [0.4, 0.5) is 17.6 Å². The summed E-state index contributed by atoms with van der Waals surface area (Å²) >= 11 is 0. The lowest BCUT2D eigenvalue weighted by Crippen LogP contribution is -2.40. The molecule has 1 aromatic rings. The standard InChI is InChI=1S/C11H11F4NO4S/c1-6(10(17)18)16(2)21(19,20)7-3-4-8(9(12)5-7)11(13,14)15/h3-6H,1-2H3,(H,17,18). The van der Waals surface area contributed by atoms with Gasteiger partial charge in [-0.05, 0) is 25.1 Å². The molecule has 5 nitrogen and oxygen atoms in total. The lowest BCUT2D eigenvalue weighted by Gasteiger charge is -2.21. The van der Waals surface area contributed by atoms with Gasteiger partial charge < -0.3 is 5.11 Å². The Balaban J connectivity index is 3.29. The summed E-state index contributed by atoms with van der Waals surface area (Å²) < 4.78 is 75.0. The highest BCUT2D eigenvalue weighted by Gasteiger charge is 2.36. The van der Waals surface area contributed by atoms with Crippen LogP contribution in [0, 0.1) is 5.82 Å². The minimum absolute atomic E-state index is 0.212. The van der Waals surface area contributed by atoms with Gasteiger partial charge in [0.15, 0.2) is 0 Å². The monoisotopic (exact) mass is 329 g/mol. The molecular weight excluding hydrogens is 318 g/mol. The number of carbonyl (C=O) groups is 1. The molecule has 0 aliphatic rings. The van der Waals surface area contributed by atoms with Crippen molar-refractivity contribution in [2.75, 3.05) is 7.05 Å². The van der Waals surface area contributed by atoms with E-state index in [-0.39, 0.29) is 6.07 Å². The molecule has 0 heterocycles. The number of rotatable bonds is 4. The normalized spacial score (nSPS) is 14.2. The van der Waals surface area contributed by atoms with E-state index in [2.05, 4.69) is 0 Å². The molecule has 0 aromatic heterocycles. The number of hydrogen-bond acceptors (Lipinski definition) is 3. The first-order valence-corrected chi connectivity index (χ1v) is 6.90. The van der Waals surface area contributed by atoms with Crippen LogP contribution in [-0.4, -0.2) is 36.9 Å². The van der Waals surface area contributed by atoms with E-state index in [9.17, 15) is 30.8 Å². The van der Waals surface area contributed by atoms with Crippen molar-refractivity contribution in [2.45, 2.75) is 24.0 Å². The van der Waals surface area contributed by atoms with Crippen LogP contribution in [-0.2, 0) is 21.0 Å². The van der Waals surface area contributed by atoms with Crippen LogP contribution in [0.15, 0.2) is 23.1 Å². The molecular formula is C11H11F4NO4S. The van der Waals surface area contributed by atoms with E-state index in [4.69, 9.17) is 5.11 Å². The molecule has 1 unspecified atom stereocenters. The van der Waals surface area contributed by atoms with Crippen molar-refractivity contribution in [1.82, 2.24) is 4.31 Å². The summed E-state index contributed by atoms with van der Waals surface area (Å²) in [6, 6.07) is -0.378. The van der Waals surface area contributed by atoms with Crippen LogP contribution in [0.25, 0.3) is 0 Å². The minimum Gasteiger partial charge on any atom is -0.480 e. The Labute approximate surface area is 117 Å². The predicted octanol–water partition coefficient (Wildman–Crippen LogP) is 1.94. The third kappa shape index (κ3) is 3.50. The fourth-order valence-corrected chi connectivity index (χ4v) is 2.75. The zero-order valence-electron chi connectivity index (χ0n) is 10.8. The van der Waals surface area contributed by atoms with Gasteiger partial charge in [0.25, 0.3) is 0 Å². The van der Waals surface area contributed by atoms with Gasteiger partial charge in [0.2, 0.25) is 10.0 Å². The maximum atomic E-state index is 13.4. The Morgan fingerprint density at radius 3 is 2.24 bits per heavy atom. The quantitative estimate of drug-likeness (QED) is 0.857. The summed E-state index contributed by atoms with van der Waals surface area (Å²) in [5.41, 5.74) is -1.60. The molecule has 1 N–H and O–H groups in total. The largest absolute Gasteiger partial charge is 0.480 e. The summed E-state index contributed by atoms with van der Waals surface area (Å²) in [5.74, 6) is -3.20. The Hall–Kier alpha value is -1.68. The van der Waals surface area contributed by atoms with E-state index in [0.29, 0.717) is 16.4 Å². The van der Waals surface area contributed by atoms with Gasteiger partial charge in [-0.2, -0.15) is 17.5 Å². The van der Waals surface area contributed by atoms with Gasteiger partial charge in [0, 0.05) is 7.05 Å². The highest BCUT2D eigenvalue weighted by atomic mass is 32.2. The van der Waals surface area contributed by atoms with Crippen LogP contribution in [0.2, 0.25) is 0 Å². The Morgan fingerprint density at radius 1 is 1.33 bits per heavy atom. The first kappa shape index (κ1) is 17.4. The molecule has 0 saturated heterocycles. The number of benzene rings is 1. The predicted molar refractivity (Wildman–Crippen MR) is 63.4 cm³/mol. The molecule has 1 aromatic carbocycles. The van der Waals surface area contributed by atoms with Gasteiger partial charge in [-0.25, -0.2) is 12.8 Å². The zero-order chi connectivity index (χ0) is 16.6. The molecule has 0 bridgehead atoms. The third-order valence-electron chi connectivity index (χ3n) is 2.83. The number of likely N-dealkylation sites (N-methyl/N-ethyl adjacent to an activating group) is 1. The van der Waals surface area contributed by atoms with E-state index >= 15 is 0 Å². The Kier molecular flexibility index (Phi) is 4.63. The first-order valence-electron chi connectivity index (χ1n) is 5.46. The van der Waals surface area contributed by atoms with Gasteiger partial charge in [0.05, 0.1) is 10.5 Å². The van der Waals surface area contributed by atoms with Crippen LogP contribution in [0.1, 0.15) is 12.5 Å². The van der Waals surface area contributed by atoms with Crippen LogP contribution >= 0.6 is 0 Å². The summed E-state index contributed by atoms with van der Waals surface area (Å²) in [7, 11) is -3.49. The summed E-state index contributed by atoms with van der Waals surface area (Å²) in [6.45, 7) is 1.07. The van der Waals surface area contributed by atoms with E-state index < -0.39 is 44.5 Å². The van der Waals surface area contributed by atoms with Crippen molar-refractivity contribution in [3.05, 3.63) is 29.6 Å². The number of carboxylic acid groups (broad SMARTS) is 1. The fraction of sp³-hybridized carbons (Fsp3) is 0.364. The lowest BCUT2D eigenvalue weighted by molar-refractivity contribution is -0.141. The minimum atomic E-state index is -4.95. The van der Waals surface area contributed by atoms with Crippen LogP contribution in [0.5, 0.6) is 0 Å². The maximum absolute atomic E-state index is 13.4. The second-order valence-electron chi connectivity index (χ2n) is 4.17. The second-order valence-corrected chi connectivity index (χ2v) is 6.17. The molecule has 1 rings (SSSR count). The van der Waals surface area contributed by atoms with Gasteiger partial charge in [-0.15, -0.1) is 0 Å². The highest BCUT2D eigenvalue weighted by molar-refractivity contribution is 7.89. The number of halogens is 4. The summed E-state index contributed by atoms with van der Waals surface area (Å²) in [5, 5.41) is 8.74. The van der Waals surface area contributed by atoms with E-state index in [1.807, 2.05) is 0 Å². The fourth-order valence-electron chi connectivity index (χ4n) is 1.42. The second kappa shape index (κ2) is 5.60. The molecule has 21 heavy (non-hydrogen) atoms. The smallest absolute Gasteiger partial charge is 0.419 e. The number of alkyl halides is 3. The number of hydrogen-bond donors (Lipinski definition) is 1. The molecule has 0 saturated carbocycles. The topological polar surface area (TPSA) is 74.7 Å². The molecule has 0 fully saturated rings. The van der Waals surface area contributed by atoms with E-state index in [1.165, 1.54) is 0 Å². The molecule has 0 radical (unpaired) electrons. The summed E-state index contributed by atoms with van der Waals surface area (Å²) in [6.07, 6.45) is -4.95. The molecule has 0 amide bonds. The molecule has 118 valence electrons. The van der Waals surface area contributed by atoms with Crippen LogP contribution < -0.4 is 0 Å². The van der Waals surface area contributed by atoms with Gasteiger partial charge in [0.1, 0.15) is 11.9 Å². The average molecular weight is 329 g/mol. The Morgan fingerprint density at radius 2 is 1.86 bits per heavy atom. The van der Waals surface area contributed by atoms with E-state index in [1.54, 1.807) is 0 Å². The van der Waals surface area contributed by atoms with Crippen molar-refractivity contribution in [1.29, 1.82) is 0 Å². The van der Waals surface area contributed by atoms with Crippen molar-refractivity contribution in [3.63, 3.8) is 0 Å². The summed E-state index contributed by atoms with van der Waals surface area (Å²) in [4.78, 5) is 9.98. The highest BCUT2D eigenvalue weighted by Crippen LogP contribution is 2.32. The molecule has 0 aliphatic heterocycles. The van der Waals surface area contributed by atoms with Gasteiger partial charge >= 0.3 is 12.1 Å². The van der Waals surface area contributed by atoms with Crippen molar-refractivity contribution < 1.29 is 35.9 Å². The lowest BCUT2D eigenvalue weighted by atomic mass is 10.2. The number of aliphatic carboxylic acids is 1. The number of nitrogens with zero attached hydrogens (tertiary/aromatic N) is 1. The molecule has 0 aliphatic carbocycles. The van der Waals surface area contributed by atoms with Crippen molar-refractivity contribution >= 4 is 16.0 Å². The third-order valence-corrected chi connectivity index (χ3v) is 4.75. The SMILES string of the molecule is CC(C(=O)O)N(C)S(=O)(=O)c1ccc(C(F)(F)F)c(F)c1. The average Bonchev–Trinajstić information content (AvgIpc) is 2.34. The number of sulfonamides is 1. The van der Waals surface area contributed by atoms with Crippen molar-refractivity contribution in [2.24, 2.45) is 0 Å². The number of carboxylic acids is 1. The maximum Gasteiger partial charge on any atom is 0.419 e.